The molecule has 0 radical (unpaired) electrons. The first-order valence-corrected chi connectivity index (χ1v) is 8.63. The van der Waals surface area contributed by atoms with Crippen molar-refractivity contribution in [3.8, 4) is 5.75 Å². The summed E-state index contributed by atoms with van der Waals surface area (Å²) >= 11 is 0. The van der Waals surface area contributed by atoms with Crippen LogP contribution in [0.3, 0.4) is 0 Å². The third kappa shape index (κ3) is 2.79. The molecule has 3 rings (SSSR count). The number of aryl methyl sites for hydroxylation is 2. The second kappa shape index (κ2) is 6.67. The van der Waals surface area contributed by atoms with Crippen LogP contribution < -0.4 is 4.74 Å². The van der Waals surface area contributed by atoms with Crippen molar-refractivity contribution in [2.45, 2.75) is 40.2 Å². The highest BCUT2D eigenvalue weighted by Gasteiger charge is 2.27. The van der Waals surface area contributed by atoms with Gasteiger partial charge in [0.25, 0.3) is 5.91 Å². The van der Waals surface area contributed by atoms with E-state index >= 15 is 0 Å². The Morgan fingerprint density at radius 3 is 2.54 bits per heavy atom. The predicted molar refractivity (Wildman–Crippen MR) is 93.7 cm³/mol. The van der Waals surface area contributed by atoms with E-state index in [2.05, 4.69) is 4.57 Å². The molecule has 2 heterocycles. The van der Waals surface area contributed by atoms with Crippen molar-refractivity contribution >= 4 is 22.6 Å². The number of benzene rings is 1. The lowest BCUT2D eigenvalue weighted by Gasteiger charge is -2.26. The lowest BCUT2D eigenvalue weighted by Crippen LogP contribution is -2.39. The number of ether oxygens (including phenoxy) is 1. The van der Waals surface area contributed by atoms with Gasteiger partial charge < -0.3 is 14.2 Å². The predicted octanol–water partition coefficient (Wildman–Crippen LogP) is 3.17. The zero-order valence-corrected chi connectivity index (χ0v) is 14.6. The number of hydrogen-bond donors (Lipinski definition) is 0. The number of piperidine rings is 1. The molecule has 0 bridgehead atoms. The summed E-state index contributed by atoms with van der Waals surface area (Å²) < 4.78 is 7.67. The molecule has 1 aliphatic rings. The number of Topliss-reactive ketones (excluding diaryl/α,β-unsaturated/α-hetero) is 1. The molecule has 0 saturated carbocycles. The molecule has 0 aliphatic carbocycles. The van der Waals surface area contributed by atoms with E-state index in [1.54, 1.807) is 4.90 Å². The van der Waals surface area contributed by atoms with Crippen LogP contribution in [-0.2, 0) is 11.3 Å². The fourth-order valence-corrected chi connectivity index (χ4v) is 3.47. The van der Waals surface area contributed by atoms with E-state index < -0.39 is 0 Å². The van der Waals surface area contributed by atoms with Crippen LogP contribution in [-0.4, -0.2) is 40.9 Å². The minimum absolute atomic E-state index is 0.0241. The van der Waals surface area contributed by atoms with E-state index in [9.17, 15) is 9.59 Å². The maximum Gasteiger partial charge on any atom is 0.270 e. The van der Waals surface area contributed by atoms with Crippen LogP contribution in [0.25, 0.3) is 10.9 Å². The molecule has 128 valence electrons. The number of rotatable bonds is 4. The van der Waals surface area contributed by atoms with Crippen molar-refractivity contribution in [1.82, 2.24) is 9.47 Å². The quantitative estimate of drug-likeness (QED) is 0.866. The van der Waals surface area contributed by atoms with Crippen LogP contribution in [0.2, 0.25) is 0 Å². The van der Waals surface area contributed by atoms with Crippen LogP contribution in [0.15, 0.2) is 18.2 Å². The van der Waals surface area contributed by atoms with E-state index in [1.165, 1.54) is 0 Å². The molecule has 5 heteroatoms. The molecular formula is C19H24N2O3. The van der Waals surface area contributed by atoms with Crippen molar-refractivity contribution in [3.05, 3.63) is 29.5 Å². The SMILES string of the molecule is CCOc1ccc2c(c1)c(C)c(C(=O)N1CCC(=O)CC1)n2CC. The Kier molecular flexibility index (Phi) is 4.60. The molecule has 0 unspecified atom stereocenters. The minimum atomic E-state index is 0.0241. The number of carbonyl (C=O) groups excluding carboxylic acids is 2. The first-order valence-electron chi connectivity index (χ1n) is 8.63. The van der Waals surface area contributed by atoms with Gasteiger partial charge >= 0.3 is 0 Å². The Labute approximate surface area is 142 Å². The molecule has 0 spiro atoms. The number of aromatic nitrogens is 1. The monoisotopic (exact) mass is 328 g/mol. The first-order chi connectivity index (χ1) is 11.6. The third-order valence-electron chi connectivity index (χ3n) is 4.73. The number of ketones is 1. The Morgan fingerprint density at radius 2 is 1.92 bits per heavy atom. The van der Waals surface area contributed by atoms with Gasteiger partial charge in [-0.2, -0.15) is 0 Å². The van der Waals surface area contributed by atoms with E-state index in [-0.39, 0.29) is 11.7 Å². The fourth-order valence-electron chi connectivity index (χ4n) is 3.47. The van der Waals surface area contributed by atoms with Gasteiger partial charge in [-0.15, -0.1) is 0 Å². The Balaban J connectivity index is 2.04. The molecule has 1 amide bonds. The molecule has 2 aromatic rings. The number of hydrogen-bond acceptors (Lipinski definition) is 3. The molecular weight excluding hydrogens is 304 g/mol. The molecule has 1 aromatic carbocycles. The number of fused-ring (bicyclic) bond motifs is 1. The van der Waals surface area contributed by atoms with Gasteiger partial charge in [-0.3, -0.25) is 9.59 Å². The fraction of sp³-hybridized carbons (Fsp3) is 0.474. The summed E-state index contributed by atoms with van der Waals surface area (Å²) in [5, 5.41) is 1.05. The molecule has 1 saturated heterocycles. The zero-order valence-electron chi connectivity index (χ0n) is 14.6. The molecule has 1 aromatic heterocycles. The number of likely N-dealkylation sites (tertiary alicyclic amines) is 1. The second-order valence-electron chi connectivity index (χ2n) is 6.16. The van der Waals surface area contributed by atoms with Crippen molar-refractivity contribution < 1.29 is 14.3 Å². The summed E-state index contributed by atoms with van der Waals surface area (Å²) in [6.45, 7) is 8.39. The van der Waals surface area contributed by atoms with Gasteiger partial charge in [-0.1, -0.05) is 0 Å². The van der Waals surface area contributed by atoms with Crippen LogP contribution in [0, 0.1) is 6.92 Å². The minimum Gasteiger partial charge on any atom is -0.494 e. The standard InChI is InChI=1S/C19H24N2O3/c1-4-21-17-7-6-15(24-5-2)12-16(17)13(3)18(21)19(23)20-10-8-14(22)9-11-20/h6-7,12H,4-5,8-11H2,1-3H3. The lowest BCUT2D eigenvalue weighted by molar-refractivity contribution is -0.120. The number of carbonyl (C=O) groups is 2. The zero-order chi connectivity index (χ0) is 17.3. The summed E-state index contributed by atoms with van der Waals surface area (Å²) in [6.07, 6.45) is 0.928. The smallest absolute Gasteiger partial charge is 0.270 e. The van der Waals surface area contributed by atoms with Crippen molar-refractivity contribution in [2.24, 2.45) is 0 Å². The van der Waals surface area contributed by atoms with Gasteiger partial charge in [0.1, 0.15) is 17.2 Å². The van der Waals surface area contributed by atoms with Crippen molar-refractivity contribution in [1.29, 1.82) is 0 Å². The Bertz CT molecular complexity index is 781. The van der Waals surface area contributed by atoms with Gasteiger partial charge in [0.15, 0.2) is 0 Å². The average molecular weight is 328 g/mol. The largest absolute Gasteiger partial charge is 0.494 e. The van der Waals surface area contributed by atoms with Gasteiger partial charge in [0.2, 0.25) is 0 Å². The summed E-state index contributed by atoms with van der Waals surface area (Å²) in [5.74, 6) is 1.09. The summed E-state index contributed by atoms with van der Waals surface area (Å²) in [6, 6.07) is 5.98. The molecule has 0 atom stereocenters. The van der Waals surface area contributed by atoms with Gasteiger partial charge in [0, 0.05) is 43.4 Å². The van der Waals surface area contributed by atoms with Crippen molar-refractivity contribution in [2.75, 3.05) is 19.7 Å². The Hall–Kier alpha value is -2.30. The Morgan fingerprint density at radius 1 is 1.21 bits per heavy atom. The normalized spacial score (nSPS) is 15.1. The van der Waals surface area contributed by atoms with Crippen LogP contribution in [0.1, 0.15) is 42.7 Å². The maximum atomic E-state index is 13.0. The van der Waals surface area contributed by atoms with Gasteiger partial charge in [-0.25, -0.2) is 0 Å². The van der Waals surface area contributed by atoms with E-state index in [1.807, 2.05) is 39.0 Å². The van der Waals surface area contributed by atoms with Gasteiger partial charge in [0.05, 0.1) is 6.61 Å². The topological polar surface area (TPSA) is 51.5 Å². The maximum absolute atomic E-state index is 13.0. The number of amides is 1. The number of nitrogens with zero attached hydrogens (tertiary/aromatic N) is 2. The van der Waals surface area contributed by atoms with Crippen molar-refractivity contribution in [3.63, 3.8) is 0 Å². The van der Waals surface area contributed by atoms with Gasteiger partial charge in [-0.05, 0) is 44.5 Å². The van der Waals surface area contributed by atoms with E-state index in [0.29, 0.717) is 32.5 Å². The van der Waals surface area contributed by atoms with Crippen LogP contribution in [0.4, 0.5) is 0 Å². The molecule has 24 heavy (non-hydrogen) atoms. The van der Waals surface area contributed by atoms with E-state index in [0.717, 1.165) is 34.5 Å². The molecule has 0 N–H and O–H groups in total. The molecule has 1 fully saturated rings. The summed E-state index contributed by atoms with van der Waals surface area (Å²) in [7, 11) is 0. The van der Waals surface area contributed by atoms with Crippen LogP contribution >= 0.6 is 0 Å². The second-order valence-corrected chi connectivity index (χ2v) is 6.16. The highest BCUT2D eigenvalue weighted by atomic mass is 16.5. The van der Waals surface area contributed by atoms with Crippen LogP contribution in [0.5, 0.6) is 5.75 Å². The summed E-state index contributed by atoms with van der Waals surface area (Å²) in [4.78, 5) is 26.3. The first kappa shape index (κ1) is 16.6. The van der Waals surface area contributed by atoms with E-state index in [4.69, 9.17) is 4.74 Å². The summed E-state index contributed by atoms with van der Waals surface area (Å²) in [5.41, 5.74) is 2.76. The highest BCUT2D eigenvalue weighted by molar-refractivity contribution is 6.02. The molecule has 5 nitrogen and oxygen atoms in total. The third-order valence-corrected chi connectivity index (χ3v) is 4.73. The molecule has 1 aliphatic heterocycles. The lowest BCUT2D eigenvalue weighted by atomic mass is 10.1. The average Bonchev–Trinajstić information content (AvgIpc) is 2.87. The highest BCUT2D eigenvalue weighted by Crippen LogP contribution is 2.30.